The zero-order valence-electron chi connectivity index (χ0n) is 17.8. The van der Waals surface area contributed by atoms with E-state index in [2.05, 4.69) is 46.2 Å². The van der Waals surface area contributed by atoms with Crippen LogP contribution in [-0.4, -0.2) is 65.8 Å². The number of ether oxygens (including phenoxy) is 2. The summed E-state index contributed by atoms with van der Waals surface area (Å²) in [5.41, 5.74) is 0. The van der Waals surface area contributed by atoms with E-state index in [1.54, 1.807) is 6.33 Å². The van der Waals surface area contributed by atoms with Crippen molar-refractivity contribution in [1.82, 2.24) is 25.4 Å². The van der Waals surface area contributed by atoms with Crippen LogP contribution < -0.4 is 10.6 Å². The van der Waals surface area contributed by atoms with E-state index in [1.165, 1.54) is 6.42 Å². The van der Waals surface area contributed by atoms with Crippen molar-refractivity contribution >= 4 is 5.96 Å². The van der Waals surface area contributed by atoms with Gasteiger partial charge in [-0.2, -0.15) is 0 Å². The standard InChI is InChI=1S/C20H38N6O2/c1-4-6-13-27-14-8-10-21-20(24-17(3)18-9-7-15-28-18)22-11-12-26-16-23-25-19(26)5-2/h16-18H,4-15H2,1-3H3,(H2,21,22,24). The first-order chi connectivity index (χ1) is 13.7. The Bertz CT molecular complexity index is 557. The van der Waals surface area contributed by atoms with Crippen LogP contribution >= 0.6 is 0 Å². The van der Waals surface area contributed by atoms with Crippen LogP contribution in [-0.2, 0) is 22.4 Å². The first-order valence-electron chi connectivity index (χ1n) is 10.9. The molecule has 28 heavy (non-hydrogen) atoms. The minimum atomic E-state index is 0.232. The molecular formula is C20H38N6O2. The second kappa shape index (κ2) is 13.5. The summed E-state index contributed by atoms with van der Waals surface area (Å²) in [6.45, 7) is 11.2. The fourth-order valence-corrected chi connectivity index (χ4v) is 3.20. The van der Waals surface area contributed by atoms with E-state index in [-0.39, 0.29) is 12.1 Å². The van der Waals surface area contributed by atoms with Gasteiger partial charge in [0.2, 0.25) is 0 Å². The molecule has 0 aliphatic carbocycles. The van der Waals surface area contributed by atoms with Gasteiger partial charge in [0.25, 0.3) is 0 Å². The van der Waals surface area contributed by atoms with E-state index < -0.39 is 0 Å². The lowest BCUT2D eigenvalue weighted by Crippen LogP contribution is -2.47. The molecule has 1 aromatic rings. The van der Waals surface area contributed by atoms with Gasteiger partial charge in [-0.15, -0.1) is 10.2 Å². The van der Waals surface area contributed by atoms with Gasteiger partial charge in [-0.25, -0.2) is 0 Å². The lowest BCUT2D eigenvalue weighted by Gasteiger charge is -2.23. The van der Waals surface area contributed by atoms with Gasteiger partial charge >= 0.3 is 0 Å². The van der Waals surface area contributed by atoms with Crippen molar-refractivity contribution in [1.29, 1.82) is 0 Å². The normalized spacial score (nSPS) is 18.4. The fraction of sp³-hybridized carbons (Fsp3) is 0.850. The minimum Gasteiger partial charge on any atom is -0.381 e. The van der Waals surface area contributed by atoms with Crippen LogP contribution in [0.3, 0.4) is 0 Å². The maximum Gasteiger partial charge on any atom is 0.191 e. The smallest absolute Gasteiger partial charge is 0.191 e. The van der Waals surface area contributed by atoms with Gasteiger partial charge in [-0.05, 0) is 32.6 Å². The molecule has 2 heterocycles. The SMILES string of the molecule is CCCCOCCCN=C(NCCn1cnnc1CC)NC(C)C1CCCO1. The molecule has 1 aliphatic rings. The molecular weight excluding hydrogens is 356 g/mol. The number of rotatable bonds is 13. The van der Waals surface area contributed by atoms with Crippen LogP contribution in [0.15, 0.2) is 11.3 Å². The summed E-state index contributed by atoms with van der Waals surface area (Å²) >= 11 is 0. The second-order valence-corrected chi connectivity index (χ2v) is 7.26. The quantitative estimate of drug-likeness (QED) is 0.303. The van der Waals surface area contributed by atoms with Crippen LogP contribution in [0.25, 0.3) is 0 Å². The first kappa shape index (κ1) is 22.6. The molecule has 2 atom stereocenters. The summed E-state index contributed by atoms with van der Waals surface area (Å²) in [6.07, 6.45) is 8.39. The molecule has 8 nitrogen and oxygen atoms in total. The molecule has 1 aromatic heterocycles. The van der Waals surface area contributed by atoms with Crippen LogP contribution in [0.4, 0.5) is 0 Å². The van der Waals surface area contributed by atoms with Gasteiger partial charge in [0, 0.05) is 45.9 Å². The highest BCUT2D eigenvalue weighted by molar-refractivity contribution is 5.80. The molecule has 1 aliphatic heterocycles. The van der Waals surface area contributed by atoms with E-state index in [0.717, 1.165) is 83.3 Å². The van der Waals surface area contributed by atoms with Crippen molar-refractivity contribution in [3.8, 4) is 0 Å². The lowest BCUT2D eigenvalue weighted by atomic mass is 10.1. The monoisotopic (exact) mass is 394 g/mol. The van der Waals surface area contributed by atoms with Crippen molar-refractivity contribution < 1.29 is 9.47 Å². The van der Waals surface area contributed by atoms with Crippen molar-refractivity contribution in [2.24, 2.45) is 4.99 Å². The largest absolute Gasteiger partial charge is 0.381 e. The molecule has 0 aromatic carbocycles. The molecule has 1 fully saturated rings. The van der Waals surface area contributed by atoms with Gasteiger partial charge in [-0.1, -0.05) is 20.3 Å². The number of aliphatic imine (C=N–C) groups is 1. The summed E-state index contributed by atoms with van der Waals surface area (Å²) in [5.74, 6) is 1.84. The number of nitrogens with zero attached hydrogens (tertiary/aromatic N) is 4. The third-order valence-electron chi connectivity index (χ3n) is 4.90. The zero-order chi connectivity index (χ0) is 20.0. The van der Waals surface area contributed by atoms with E-state index >= 15 is 0 Å². The molecule has 0 spiro atoms. The van der Waals surface area contributed by atoms with E-state index in [9.17, 15) is 0 Å². The maximum absolute atomic E-state index is 5.80. The van der Waals surface area contributed by atoms with E-state index in [0.29, 0.717) is 0 Å². The molecule has 0 radical (unpaired) electrons. The number of hydrogen-bond donors (Lipinski definition) is 2. The molecule has 2 rings (SSSR count). The second-order valence-electron chi connectivity index (χ2n) is 7.26. The van der Waals surface area contributed by atoms with Crippen LogP contribution in [0.5, 0.6) is 0 Å². The topological polar surface area (TPSA) is 85.6 Å². The van der Waals surface area contributed by atoms with Gasteiger partial charge in [-0.3, -0.25) is 4.99 Å². The molecule has 8 heteroatoms. The average Bonchev–Trinajstić information content (AvgIpc) is 3.38. The Labute approximate surface area is 169 Å². The van der Waals surface area contributed by atoms with Crippen molar-refractivity contribution in [2.75, 3.05) is 32.9 Å². The highest BCUT2D eigenvalue weighted by atomic mass is 16.5. The highest BCUT2D eigenvalue weighted by Gasteiger charge is 2.23. The van der Waals surface area contributed by atoms with Crippen molar-refractivity contribution in [2.45, 2.75) is 78.0 Å². The summed E-state index contributed by atoms with van der Waals surface area (Å²) in [4.78, 5) is 4.73. The van der Waals surface area contributed by atoms with Crippen molar-refractivity contribution in [3.05, 3.63) is 12.2 Å². The predicted octanol–water partition coefficient (Wildman–Crippen LogP) is 2.15. The molecule has 2 N–H and O–H groups in total. The Hall–Kier alpha value is -1.67. The van der Waals surface area contributed by atoms with Crippen LogP contribution in [0, 0.1) is 0 Å². The lowest BCUT2D eigenvalue weighted by molar-refractivity contribution is 0.0890. The van der Waals surface area contributed by atoms with Crippen LogP contribution in [0.1, 0.15) is 58.7 Å². The Morgan fingerprint density at radius 2 is 2.25 bits per heavy atom. The van der Waals surface area contributed by atoms with Crippen molar-refractivity contribution in [3.63, 3.8) is 0 Å². The third-order valence-corrected chi connectivity index (χ3v) is 4.90. The predicted molar refractivity (Wildman–Crippen MR) is 112 cm³/mol. The Balaban J connectivity index is 1.79. The van der Waals surface area contributed by atoms with Gasteiger partial charge in [0.05, 0.1) is 12.1 Å². The third kappa shape index (κ3) is 8.14. The Kier molecular flexibility index (Phi) is 10.9. The average molecular weight is 395 g/mol. The molecule has 0 saturated carbocycles. The Morgan fingerprint density at radius 1 is 1.39 bits per heavy atom. The zero-order valence-corrected chi connectivity index (χ0v) is 17.8. The summed E-state index contributed by atoms with van der Waals surface area (Å²) < 4.78 is 13.5. The summed E-state index contributed by atoms with van der Waals surface area (Å²) in [5, 5.41) is 15.1. The summed E-state index contributed by atoms with van der Waals surface area (Å²) in [6, 6.07) is 0.232. The highest BCUT2D eigenvalue weighted by Crippen LogP contribution is 2.15. The first-order valence-corrected chi connectivity index (χ1v) is 10.9. The van der Waals surface area contributed by atoms with Gasteiger partial charge in [0.1, 0.15) is 12.2 Å². The number of nitrogens with one attached hydrogen (secondary N) is 2. The molecule has 160 valence electrons. The Morgan fingerprint density at radius 3 is 3.00 bits per heavy atom. The maximum atomic E-state index is 5.80. The molecule has 0 amide bonds. The minimum absolute atomic E-state index is 0.232. The number of hydrogen-bond acceptors (Lipinski definition) is 5. The number of guanidine groups is 1. The van der Waals surface area contributed by atoms with E-state index in [1.807, 2.05) is 0 Å². The molecule has 0 bridgehead atoms. The van der Waals surface area contributed by atoms with Gasteiger partial charge < -0.3 is 24.7 Å². The molecule has 2 unspecified atom stereocenters. The molecule has 1 saturated heterocycles. The van der Waals surface area contributed by atoms with Crippen LogP contribution in [0.2, 0.25) is 0 Å². The summed E-state index contributed by atoms with van der Waals surface area (Å²) in [7, 11) is 0. The number of aryl methyl sites for hydroxylation is 1. The van der Waals surface area contributed by atoms with E-state index in [4.69, 9.17) is 14.5 Å². The number of unbranched alkanes of at least 4 members (excludes halogenated alkanes) is 1. The fourth-order valence-electron chi connectivity index (χ4n) is 3.20. The number of aromatic nitrogens is 3. The van der Waals surface area contributed by atoms with Gasteiger partial charge in [0.15, 0.2) is 5.96 Å².